The minimum absolute atomic E-state index is 0.162. The molecule has 0 saturated carbocycles. The van der Waals surface area contributed by atoms with E-state index in [0.717, 1.165) is 37.6 Å². The molecular formula is C14H28N6. The van der Waals surface area contributed by atoms with Crippen molar-refractivity contribution >= 4 is 11.6 Å². The van der Waals surface area contributed by atoms with Crippen molar-refractivity contribution in [1.82, 2.24) is 14.9 Å². The Morgan fingerprint density at radius 3 is 2.45 bits per heavy atom. The lowest BCUT2D eigenvalue weighted by molar-refractivity contribution is 0.254. The lowest BCUT2D eigenvalue weighted by Crippen LogP contribution is -2.34. The maximum absolute atomic E-state index is 5.46. The van der Waals surface area contributed by atoms with E-state index in [1.54, 1.807) is 0 Å². The molecule has 0 spiro atoms. The molecule has 0 unspecified atom stereocenters. The SMILES string of the molecule is CCCc1nc(NN)cc(NCC(C)(C)CN(C)C)n1. The largest absolute Gasteiger partial charge is 0.369 e. The van der Waals surface area contributed by atoms with Crippen LogP contribution in [0.1, 0.15) is 33.0 Å². The summed E-state index contributed by atoms with van der Waals surface area (Å²) >= 11 is 0. The molecule has 6 heteroatoms. The molecule has 1 aromatic heterocycles. The van der Waals surface area contributed by atoms with Crippen LogP contribution in [0.2, 0.25) is 0 Å². The molecule has 0 aliphatic heterocycles. The molecule has 0 radical (unpaired) electrons. The second-order valence-electron chi connectivity index (χ2n) is 6.20. The first kappa shape index (κ1) is 16.7. The van der Waals surface area contributed by atoms with Crippen LogP contribution in [0.15, 0.2) is 6.07 Å². The molecule has 20 heavy (non-hydrogen) atoms. The molecule has 0 atom stereocenters. The Labute approximate surface area is 122 Å². The zero-order valence-electron chi connectivity index (χ0n) is 13.3. The molecule has 0 aliphatic carbocycles. The van der Waals surface area contributed by atoms with Gasteiger partial charge in [-0.25, -0.2) is 15.8 Å². The highest BCUT2D eigenvalue weighted by Crippen LogP contribution is 2.18. The summed E-state index contributed by atoms with van der Waals surface area (Å²) in [7, 11) is 4.17. The van der Waals surface area contributed by atoms with E-state index < -0.39 is 0 Å². The summed E-state index contributed by atoms with van der Waals surface area (Å²) in [6, 6.07) is 1.84. The summed E-state index contributed by atoms with van der Waals surface area (Å²) < 4.78 is 0. The van der Waals surface area contributed by atoms with Gasteiger partial charge in [-0.3, -0.25) is 0 Å². The van der Waals surface area contributed by atoms with Crippen molar-refractivity contribution in [1.29, 1.82) is 0 Å². The number of nitrogens with one attached hydrogen (secondary N) is 2. The summed E-state index contributed by atoms with van der Waals surface area (Å²) in [5, 5.41) is 3.39. The van der Waals surface area contributed by atoms with Crippen molar-refractivity contribution in [2.45, 2.75) is 33.6 Å². The van der Waals surface area contributed by atoms with Gasteiger partial charge in [0.2, 0.25) is 0 Å². The van der Waals surface area contributed by atoms with E-state index in [-0.39, 0.29) is 5.41 Å². The second kappa shape index (κ2) is 7.40. The van der Waals surface area contributed by atoms with Gasteiger partial charge in [-0.15, -0.1) is 0 Å². The van der Waals surface area contributed by atoms with Crippen LogP contribution in [-0.4, -0.2) is 42.1 Å². The van der Waals surface area contributed by atoms with Gasteiger partial charge in [0.25, 0.3) is 0 Å². The smallest absolute Gasteiger partial charge is 0.145 e. The molecule has 4 N–H and O–H groups in total. The number of nitrogen functional groups attached to an aromatic ring is 1. The molecule has 0 fully saturated rings. The fraction of sp³-hybridized carbons (Fsp3) is 0.714. The summed E-state index contributed by atoms with van der Waals surface area (Å²) in [6.07, 6.45) is 1.87. The van der Waals surface area contributed by atoms with Gasteiger partial charge >= 0.3 is 0 Å². The number of hydrogen-bond acceptors (Lipinski definition) is 6. The summed E-state index contributed by atoms with van der Waals surface area (Å²) in [6.45, 7) is 8.43. The van der Waals surface area contributed by atoms with Crippen LogP contribution >= 0.6 is 0 Å². The van der Waals surface area contributed by atoms with E-state index in [1.807, 2.05) is 6.07 Å². The Hall–Kier alpha value is -1.40. The lowest BCUT2D eigenvalue weighted by Gasteiger charge is -2.28. The number of anilines is 2. The normalized spacial score (nSPS) is 11.8. The van der Waals surface area contributed by atoms with Gasteiger partial charge in [0.05, 0.1) is 0 Å². The Morgan fingerprint density at radius 2 is 1.90 bits per heavy atom. The number of rotatable bonds is 8. The van der Waals surface area contributed by atoms with Crippen molar-refractivity contribution in [2.75, 3.05) is 37.9 Å². The predicted octanol–water partition coefficient (Wildman–Crippen LogP) is 1.71. The molecular weight excluding hydrogens is 252 g/mol. The Bertz CT molecular complexity index is 416. The van der Waals surface area contributed by atoms with Crippen LogP contribution in [-0.2, 0) is 6.42 Å². The third kappa shape index (κ3) is 5.71. The van der Waals surface area contributed by atoms with Gasteiger partial charge < -0.3 is 15.6 Å². The van der Waals surface area contributed by atoms with Crippen LogP contribution in [0, 0.1) is 5.41 Å². The molecule has 0 saturated heterocycles. The minimum atomic E-state index is 0.162. The molecule has 1 heterocycles. The standard InChI is InChI=1S/C14H28N6/c1-6-7-11-17-12(8-13(18-11)19-15)16-9-14(2,3)10-20(4)5/h8H,6-7,9-10,15H2,1-5H3,(H2,16,17,18,19). The van der Waals surface area contributed by atoms with Gasteiger partial charge in [-0.1, -0.05) is 20.8 Å². The van der Waals surface area contributed by atoms with Gasteiger partial charge in [-0.2, -0.15) is 0 Å². The molecule has 6 nitrogen and oxygen atoms in total. The predicted molar refractivity (Wildman–Crippen MR) is 84.7 cm³/mol. The van der Waals surface area contributed by atoms with E-state index in [2.05, 4.69) is 60.5 Å². The van der Waals surface area contributed by atoms with Gasteiger partial charge in [0, 0.05) is 25.6 Å². The van der Waals surface area contributed by atoms with Crippen LogP contribution in [0.4, 0.5) is 11.6 Å². The van der Waals surface area contributed by atoms with E-state index in [9.17, 15) is 0 Å². The fourth-order valence-electron chi connectivity index (χ4n) is 2.24. The highest BCUT2D eigenvalue weighted by atomic mass is 15.3. The average Bonchev–Trinajstić information content (AvgIpc) is 2.35. The number of hydrogen-bond donors (Lipinski definition) is 3. The number of nitrogens with two attached hydrogens (primary N) is 1. The van der Waals surface area contributed by atoms with Crippen molar-refractivity contribution in [3.63, 3.8) is 0 Å². The summed E-state index contributed by atoms with van der Waals surface area (Å²) in [5.41, 5.74) is 2.76. The van der Waals surface area contributed by atoms with E-state index in [4.69, 9.17) is 5.84 Å². The molecule has 0 bridgehead atoms. The maximum atomic E-state index is 5.46. The van der Waals surface area contributed by atoms with Crippen LogP contribution in [0.25, 0.3) is 0 Å². The first-order chi connectivity index (χ1) is 9.36. The monoisotopic (exact) mass is 280 g/mol. The summed E-state index contributed by atoms with van der Waals surface area (Å²) in [5.74, 6) is 7.74. The van der Waals surface area contributed by atoms with Gasteiger partial charge in [0.1, 0.15) is 17.5 Å². The third-order valence-electron chi connectivity index (χ3n) is 2.89. The van der Waals surface area contributed by atoms with Crippen LogP contribution < -0.4 is 16.6 Å². The maximum Gasteiger partial charge on any atom is 0.145 e. The Balaban J connectivity index is 2.73. The topological polar surface area (TPSA) is 79.1 Å². The highest BCUT2D eigenvalue weighted by Gasteiger charge is 2.19. The van der Waals surface area contributed by atoms with Crippen molar-refractivity contribution in [2.24, 2.45) is 11.3 Å². The zero-order valence-corrected chi connectivity index (χ0v) is 13.3. The minimum Gasteiger partial charge on any atom is -0.369 e. The molecule has 1 aromatic rings. The number of hydrazine groups is 1. The van der Waals surface area contributed by atoms with Crippen molar-refractivity contribution < 1.29 is 0 Å². The molecule has 1 rings (SSSR count). The highest BCUT2D eigenvalue weighted by molar-refractivity contribution is 5.47. The quantitative estimate of drug-likeness (QED) is 0.497. The molecule has 0 aromatic carbocycles. The molecule has 114 valence electrons. The first-order valence-corrected chi connectivity index (χ1v) is 7.09. The van der Waals surface area contributed by atoms with Gasteiger partial charge in [-0.05, 0) is 25.9 Å². The van der Waals surface area contributed by atoms with Gasteiger partial charge in [0.15, 0.2) is 0 Å². The van der Waals surface area contributed by atoms with Crippen molar-refractivity contribution in [3.8, 4) is 0 Å². The number of nitrogens with zero attached hydrogens (tertiary/aromatic N) is 3. The first-order valence-electron chi connectivity index (χ1n) is 7.09. The Morgan fingerprint density at radius 1 is 1.25 bits per heavy atom. The number of aryl methyl sites for hydroxylation is 1. The van der Waals surface area contributed by atoms with E-state index >= 15 is 0 Å². The van der Waals surface area contributed by atoms with Crippen molar-refractivity contribution in [3.05, 3.63) is 11.9 Å². The third-order valence-corrected chi connectivity index (χ3v) is 2.89. The van der Waals surface area contributed by atoms with E-state index in [0.29, 0.717) is 5.82 Å². The molecule has 0 amide bonds. The lowest BCUT2D eigenvalue weighted by atomic mass is 9.93. The average molecular weight is 280 g/mol. The van der Waals surface area contributed by atoms with E-state index in [1.165, 1.54) is 0 Å². The van der Waals surface area contributed by atoms with Crippen LogP contribution in [0.5, 0.6) is 0 Å². The second-order valence-corrected chi connectivity index (χ2v) is 6.20. The van der Waals surface area contributed by atoms with Crippen LogP contribution in [0.3, 0.4) is 0 Å². The number of aromatic nitrogens is 2. The molecule has 0 aliphatic rings. The summed E-state index contributed by atoms with van der Waals surface area (Å²) in [4.78, 5) is 11.1. The fourth-order valence-corrected chi connectivity index (χ4v) is 2.24. The Kier molecular flexibility index (Phi) is 6.16. The zero-order chi connectivity index (χ0) is 15.2.